The van der Waals surface area contributed by atoms with Gasteiger partial charge in [0.2, 0.25) is 5.91 Å². The first-order valence-corrected chi connectivity index (χ1v) is 12.7. The number of aromatic amines is 1. The second-order valence-corrected chi connectivity index (χ2v) is 9.96. The van der Waals surface area contributed by atoms with Gasteiger partial charge in [0.1, 0.15) is 24.9 Å². The minimum atomic E-state index is -0.644. The molecule has 0 saturated carbocycles. The minimum Gasteiger partial charge on any atom is -0.456 e. The van der Waals surface area contributed by atoms with Gasteiger partial charge in [0.15, 0.2) is 11.8 Å². The SMILES string of the molecule is O=C(CO)NC1CC=C(c2ccc(-c3nc4nc(O[C@@H]5COC6[C@H](O)CO[C@@H]65)[nH]c4cc3Cl)cc2)CC1. The molecule has 1 aliphatic carbocycles. The third kappa shape index (κ3) is 4.83. The number of allylic oxidation sites excluding steroid dienone is 1. The minimum absolute atomic E-state index is 0.0556. The van der Waals surface area contributed by atoms with E-state index in [1.54, 1.807) is 6.07 Å². The number of halogens is 1. The molecule has 1 amide bonds. The molecule has 0 spiro atoms. The van der Waals surface area contributed by atoms with Crippen LogP contribution >= 0.6 is 11.6 Å². The monoisotopic (exact) mass is 526 g/mol. The lowest BCUT2D eigenvalue weighted by molar-refractivity contribution is -0.124. The van der Waals surface area contributed by atoms with Crippen LogP contribution in [0.3, 0.4) is 0 Å². The number of hydrogen-bond donors (Lipinski definition) is 4. The van der Waals surface area contributed by atoms with Gasteiger partial charge in [0.05, 0.1) is 29.4 Å². The van der Waals surface area contributed by atoms with Gasteiger partial charge in [-0.2, -0.15) is 4.98 Å². The van der Waals surface area contributed by atoms with Crippen LogP contribution < -0.4 is 10.1 Å². The normalized spacial score (nSPS) is 27.2. The second-order valence-electron chi connectivity index (χ2n) is 9.56. The zero-order valence-corrected chi connectivity index (χ0v) is 20.6. The Kier molecular flexibility index (Phi) is 6.60. The Balaban J connectivity index is 1.16. The molecular formula is C26H27ClN4O6. The molecule has 2 aromatic heterocycles. The van der Waals surface area contributed by atoms with E-state index in [4.69, 9.17) is 30.9 Å². The Morgan fingerprint density at radius 3 is 2.70 bits per heavy atom. The number of carbonyl (C=O) groups excluding carboxylic acids is 1. The van der Waals surface area contributed by atoms with E-state index < -0.39 is 12.7 Å². The maximum atomic E-state index is 11.4. The van der Waals surface area contributed by atoms with Gasteiger partial charge in [-0.05, 0) is 36.5 Å². The number of H-pyrrole nitrogens is 1. The number of ether oxygens (including phenoxy) is 3. The van der Waals surface area contributed by atoms with Crippen molar-refractivity contribution in [1.29, 1.82) is 0 Å². The highest BCUT2D eigenvalue weighted by Gasteiger charge is 2.48. The average Bonchev–Trinajstić information content (AvgIpc) is 3.60. The largest absolute Gasteiger partial charge is 0.456 e. The van der Waals surface area contributed by atoms with Crippen molar-refractivity contribution < 1.29 is 29.2 Å². The fraction of sp³-hybridized carbons (Fsp3) is 0.423. The zero-order valence-electron chi connectivity index (χ0n) is 19.9. The van der Waals surface area contributed by atoms with E-state index in [2.05, 4.69) is 26.3 Å². The summed E-state index contributed by atoms with van der Waals surface area (Å²) in [6, 6.07) is 10.2. The van der Waals surface area contributed by atoms with Gasteiger partial charge in [0, 0.05) is 11.6 Å². The van der Waals surface area contributed by atoms with Crippen LogP contribution in [0.2, 0.25) is 5.02 Å². The van der Waals surface area contributed by atoms with Crippen molar-refractivity contribution in [3.8, 4) is 17.3 Å². The van der Waals surface area contributed by atoms with E-state index in [9.17, 15) is 9.90 Å². The molecule has 1 aromatic carbocycles. The van der Waals surface area contributed by atoms with Crippen LogP contribution in [-0.2, 0) is 14.3 Å². The average molecular weight is 527 g/mol. The molecule has 5 atom stereocenters. The van der Waals surface area contributed by atoms with Crippen LogP contribution in [0.4, 0.5) is 0 Å². The first kappa shape index (κ1) is 24.3. The maximum Gasteiger partial charge on any atom is 0.296 e. The molecule has 2 saturated heterocycles. The first-order valence-electron chi connectivity index (χ1n) is 12.3. The van der Waals surface area contributed by atoms with Crippen molar-refractivity contribution in [3.05, 3.63) is 47.0 Å². The molecule has 37 heavy (non-hydrogen) atoms. The molecule has 3 aliphatic rings. The van der Waals surface area contributed by atoms with Crippen molar-refractivity contribution >= 4 is 34.2 Å². The lowest BCUT2D eigenvalue weighted by Crippen LogP contribution is -2.37. The van der Waals surface area contributed by atoms with Crippen LogP contribution in [0.15, 0.2) is 36.4 Å². The van der Waals surface area contributed by atoms with Gasteiger partial charge in [-0.25, -0.2) is 4.98 Å². The number of aromatic nitrogens is 3. The summed E-state index contributed by atoms with van der Waals surface area (Å²) in [4.78, 5) is 23.7. The maximum absolute atomic E-state index is 11.4. The topological polar surface area (TPSA) is 139 Å². The molecule has 11 heteroatoms. The number of aliphatic hydroxyl groups excluding tert-OH is 2. The Morgan fingerprint density at radius 1 is 1.16 bits per heavy atom. The van der Waals surface area contributed by atoms with Crippen molar-refractivity contribution in [2.75, 3.05) is 19.8 Å². The van der Waals surface area contributed by atoms with Gasteiger partial charge in [-0.15, -0.1) is 0 Å². The van der Waals surface area contributed by atoms with E-state index in [0.717, 1.165) is 30.4 Å². The van der Waals surface area contributed by atoms with E-state index in [0.29, 0.717) is 34.5 Å². The molecule has 2 fully saturated rings. The van der Waals surface area contributed by atoms with Gasteiger partial charge < -0.3 is 34.7 Å². The third-order valence-corrected chi connectivity index (χ3v) is 7.39. The van der Waals surface area contributed by atoms with Crippen molar-refractivity contribution in [2.24, 2.45) is 0 Å². The lowest BCUT2D eigenvalue weighted by Gasteiger charge is -2.23. The summed E-state index contributed by atoms with van der Waals surface area (Å²) in [6.45, 7) is 0.0543. The number of hydrogen-bond acceptors (Lipinski definition) is 8. The molecule has 0 radical (unpaired) electrons. The first-order chi connectivity index (χ1) is 18.0. The second kappa shape index (κ2) is 10.0. The van der Waals surface area contributed by atoms with Gasteiger partial charge in [0.25, 0.3) is 6.01 Å². The fourth-order valence-corrected chi connectivity index (χ4v) is 5.45. The van der Waals surface area contributed by atoms with Crippen LogP contribution in [0, 0.1) is 0 Å². The van der Waals surface area contributed by atoms with E-state index in [1.165, 1.54) is 5.57 Å². The molecule has 4 heterocycles. The smallest absolute Gasteiger partial charge is 0.296 e. The van der Waals surface area contributed by atoms with E-state index >= 15 is 0 Å². The summed E-state index contributed by atoms with van der Waals surface area (Å²) >= 11 is 6.58. The predicted molar refractivity (Wildman–Crippen MR) is 135 cm³/mol. The van der Waals surface area contributed by atoms with Gasteiger partial charge in [-0.1, -0.05) is 41.9 Å². The highest BCUT2D eigenvalue weighted by molar-refractivity contribution is 6.33. The van der Waals surface area contributed by atoms with Gasteiger partial charge in [-0.3, -0.25) is 4.79 Å². The van der Waals surface area contributed by atoms with Crippen LogP contribution in [0.1, 0.15) is 24.8 Å². The number of pyridine rings is 1. The molecule has 6 rings (SSSR count). The summed E-state index contributed by atoms with van der Waals surface area (Å²) in [6.07, 6.45) is 2.81. The Hall–Kier alpha value is -3.02. The Labute approximate surface area is 217 Å². The highest BCUT2D eigenvalue weighted by Crippen LogP contribution is 2.33. The van der Waals surface area contributed by atoms with Crippen LogP contribution in [0.25, 0.3) is 28.0 Å². The molecule has 2 unspecified atom stereocenters. The summed E-state index contributed by atoms with van der Waals surface area (Å²) in [7, 11) is 0. The number of nitrogens with zero attached hydrogens (tertiary/aromatic N) is 2. The quantitative estimate of drug-likeness (QED) is 0.383. The Morgan fingerprint density at radius 2 is 1.95 bits per heavy atom. The van der Waals surface area contributed by atoms with Crippen LogP contribution in [-0.4, -0.2) is 81.4 Å². The summed E-state index contributed by atoms with van der Waals surface area (Å²) in [5.41, 5.74) is 4.95. The molecule has 10 nitrogen and oxygen atoms in total. The number of aliphatic hydroxyl groups is 2. The number of nitrogens with one attached hydrogen (secondary N) is 2. The van der Waals surface area contributed by atoms with Crippen molar-refractivity contribution in [3.63, 3.8) is 0 Å². The molecule has 3 aromatic rings. The van der Waals surface area contributed by atoms with Crippen LogP contribution in [0.5, 0.6) is 6.01 Å². The van der Waals surface area contributed by atoms with Crippen molar-refractivity contribution in [1.82, 2.24) is 20.3 Å². The number of amides is 1. The fourth-order valence-electron chi connectivity index (χ4n) is 5.19. The van der Waals surface area contributed by atoms with Crippen molar-refractivity contribution in [2.45, 2.75) is 49.7 Å². The molecule has 194 valence electrons. The number of carbonyl (C=O) groups is 1. The number of rotatable bonds is 6. The molecular weight excluding hydrogens is 500 g/mol. The number of benzene rings is 1. The van der Waals surface area contributed by atoms with E-state index in [1.807, 2.05) is 24.3 Å². The molecule has 0 bridgehead atoms. The highest BCUT2D eigenvalue weighted by atomic mass is 35.5. The zero-order chi connectivity index (χ0) is 25.5. The van der Waals surface area contributed by atoms with Gasteiger partial charge >= 0.3 is 0 Å². The number of imidazole rings is 1. The summed E-state index contributed by atoms with van der Waals surface area (Å²) in [5, 5.41) is 22.2. The third-order valence-electron chi connectivity index (χ3n) is 7.10. The number of fused-ring (bicyclic) bond motifs is 2. The predicted octanol–water partition coefficient (Wildman–Crippen LogP) is 2.23. The standard InChI is InChI=1S/C26H27ClN4O6/c27-17-9-18-25(31-26(29-18)37-20-12-36-23-19(33)11-35-24(20)23)30-22(17)15-3-1-13(2-4-15)14-5-7-16(8-6-14)28-21(34)10-32/h1-5,9,16,19-20,23-24,32-33H,6-8,10-12H2,(H,28,34)(H,29,30,31)/t16?,19-,20-,23?,24-/m1/s1. The lowest BCUT2D eigenvalue weighted by atomic mass is 9.90. The molecule has 4 N–H and O–H groups in total. The Bertz CT molecular complexity index is 1340. The van der Waals surface area contributed by atoms with E-state index in [-0.39, 0.29) is 36.9 Å². The molecule has 2 aliphatic heterocycles. The summed E-state index contributed by atoms with van der Waals surface area (Å²) in [5.74, 6) is -0.341. The summed E-state index contributed by atoms with van der Waals surface area (Å²) < 4.78 is 17.2.